The van der Waals surface area contributed by atoms with Crippen LogP contribution < -0.4 is 5.43 Å². The van der Waals surface area contributed by atoms with E-state index in [9.17, 15) is 18.5 Å². The Bertz CT molecular complexity index is 1020. The van der Waals surface area contributed by atoms with Crippen LogP contribution in [-0.4, -0.2) is 37.0 Å². The first-order chi connectivity index (χ1) is 13.8. The van der Waals surface area contributed by atoms with Crippen molar-refractivity contribution in [1.29, 1.82) is 0 Å². The summed E-state index contributed by atoms with van der Waals surface area (Å²) in [6, 6.07) is 13.0. The Labute approximate surface area is 174 Å². The minimum atomic E-state index is -3.81. The van der Waals surface area contributed by atoms with Gasteiger partial charge in [0.05, 0.1) is 21.1 Å². The van der Waals surface area contributed by atoms with Crippen LogP contribution in [-0.2, 0) is 10.0 Å². The van der Waals surface area contributed by atoms with Crippen LogP contribution in [0.2, 0.25) is 0 Å². The number of nitrogens with zero attached hydrogens (tertiary/aromatic N) is 3. The van der Waals surface area contributed by atoms with E-state index in [-0.39, 0.29) is 23.7 Å². The van der Waals surface area contributed by atoms with Gasteiger partial charge in [-0.1, -0.05) is 55.8 Å². The summed E-state index contributed by atoms with van der Waals surface area (Å²) < 4.78 is 26.4. The summed E-state index contributed by atoms with van der Waals surface area (Å²) in [4.78, 5) is 10.6. The molecule has 0 aliphatic carbocycles. The number of anilines is 1. The van der Waals surface area contributed by atoms with E-state index in [0.717, 1.165) is 11.6 Å². The average molecular weight is 437 g/mol. The predicted molar refractivity (Wildman–Crippen MR) is 116 cm³/mol. The summed E-state index contributed by atoms with van der Waals surface area (Å²) >= 11 is 6.09. The van der Waals surface area contributed by atoms with Gasteiger partial charge < -0.3 is 0 Å². The van der Waals surface area contributed by atoms with Crippen LogP contribution in [0, 0.1) is 10.1 Å². The summed E-state index contributed by atoms with van der Waals surface area (Å²) in [5, 5.41) is 15.6. The highest BCUT2D eigenvalue weighted by Gasteiger charge is 2.25. The molecule has 0 radical (unpaired) electrons. The minimum Gasteiger partial charge on any atom is -0.272 e. The van der Waals surface area contributed by atoms with Crippen molar-refractivity contribution in [3.05, 3.63) is 69.2 Å². The fraction of sp³-hybridized carbons (Fsp3) is 0.211. The lowest BCUT2D eigenvalue weighted by atomic mass is 10.2. The third kappa shape index (κ3) is 5.86. The van der Waals surface area contributed by atoms with Crippen LogP contribution >= 0.6 is 11.6 Å². The lowest BCUT2D eigenvalue weighted by Crippen LogP contribution is -2.30. The molecule has 0 aromatic heterocycles. The second kappa shape index (κ2) is 10.1. The maximum atomic E-state index is 12.6. The highest BCUT2D eigenvalue weighted by molar-refractivity contribution is 7.89. The number of benzene rings is 2. The van der Waals surface area contributed by atoms with E-state index in [1.165, 1.54) is 22.7 Å². The van der Waals surface area contributed by atoms with Crippen LogP contribution in [0.1, 0.15) is 19.4 Å². The van der Waals surface area contributed by atoms with Crippen LogP contribution in [0.5, 0.6) is 0 Å². The second-order valence-electron chi connectivity index (χ2n) is 5.84. The molecule has 2 aromatic rings. The first-order valence-electron chi connectivity index (χ1n) is 8.79. The summed E-state index contributed by atoms with van der Waals surface area (Å²) in [5.41, 5.74) is 3.06. The Morgan fingerprint density at radius 2 is 1.86 bits per heavy atom. The Kier molecular flexibility index (Phi) is 7.89. The predicted octanol–water partition coefficient (Wildman–Crippen LogP) is 4.30. The molecule has 10 heteroatoms. The molecule has 2 rings (SSSR count). The van der Waals surface area contributed by atoms with Crippen molar-refractivity contribution in [3.63, 3.8) is 0 Å². The maximum absolute atomic E-state index is 12.6. The van der Waals surface area contributed by atoms with Gasteiger partial charge in [0.1, 0.15) is 5.69 Å². The first-order valence-corrected chi connectivity index (χ1v) is 10.6. The van der Waals surface area contributed by atoms with Crippen molar-refractivity contribution in [1.82, 2.24) is 4.31 Å². The molecule has 0 fully saturated rings. The van der Waals surface area contributed by atoms with Crippen LogP contribution in [0.3, 0.4) is 0 Å². The number of nitro benzene ring substituents is 1. The molecule has 0 spiro atoms. The molecule has 29 heavy (non-hydrogen) atoms. The van der Waals surface area contributed by atoms with Gasteiger partial charge in [-0.3, -0.25) is 15.5 Å². The monoisotopic (exact) mass is 436 g/mol. The van der Waals surface area contributed by atoms with Gasteiger partial charge in [0.15, 0.2) is 0 Å². The molecule has 0 atom stereocenters. The number of nitro groups is 1. The number of hydrogen-bond donors (Lipinski definition) is 1. The van der Waals surface area contributed by atoms with Crippen molar-refractivity contribution in [2.45, 2.75) is 18.7 Å². The zero-order chi connectivity index (χ0) is 21.4. The molecule has 154 valence electrons. The molecule has 0 heterocycles. The zero-order valence-corrected chi connectivity index (χ0v) is 17.5. The smallest absolute Gasteiger partial charge is 0.272 e. The van der Waals surface area contributed by atoms with Crippen molar-refractivity contribution in [3.8, 4) is 0 Å². The molecule has 0 unspecified atom stereocenters. The van der Waals surface area contributed by atoms with Crippen molar-refractivity contribution < 1.29 is 13.3 Å². The molecule has 0 amide bonds. The quantitative estimate of drug-likeness (QED) is 0.358. The minimum absolute atomic E-state index is 0.0499. The molecule has 0 bridgehead atoms. The van der Waals surface area contributed by atoms with Gasteiger partial charge in [0.2, 0.25) is 10.0 Å². The first kappa shape index (κ1) is 22.5. The van der Waals surface area contributed by atoms with E-state index in [1.54, 1.807) is 19.9 Å². The number of sulfonamides is 1. The molecule has 8 nitrogen and oxygen atoms in total. The number of hydrogen-bond acceptors (Lipinski definition) is 6. The number of rotatable bonds is 9. The second-order valence-corrected chi connectivity index (χ2v) is 8.21. The van der Waals surface area contributed by atoms with E-state index in [2.05, 4.69) is 10.5 Å². The summed E-state index contributed by atoms with van der Waals surface area (Å²) in [6.45, 7) is 3.94. The number of allylic oxidation sites excluding steroid dienone is 1. The third-order valence-corrected chi connectivity index (χ3v) is 6.24. The van der Waals surface area contributed by atoms with Crippen molar-refractivity contribution in [2.75, 3.05) is 18.5 Å². The van der Waals surface area contributed by atoms with Crippen LogP contribution in [0.4, 0.5) is 11.4 Å². The zero-order valence-electron chi connectivity index (χ0n) is 15.9. The van der Waals surface area contributed by atoms with Crippen molar-refractivity contribution >= 4 is 45.3 Å². The summed E-state index contributed by atoms with van der Waals surface area (Å²) in [7, 11) is -3.81. The Balaban J connectivity index is 2.25. The van der Waals surface area contributed by atoms with Gasteiger partial charge in [-0.25, -0.2) is 8.42 Å². The fourth-order valence-corrected chi connectivity index (χ4v) is 4.19. The van der Waals surface area contributed by atoms with Gasteiger partial charge in [-0.2, -0.15) is 9.41 Å². The third-order valence-electron chi connectivity index (χ3n) is 3.99. The molecule has 0 aliphatic heterocycles. The summed E-state index contributed by atoms with van der Waals surface area (Å²) in [5.74, 6) is 0. The van der Waals surface area contributed by atoms with E-state index in [1.807, 2.05) is 30.3 Å². The highest BCUT2D eigenvalue weighted by Crippen LogP contribution is 2.29. The average Bonchev–Trinajstić information content (AvgIpc) is 2.69. The largest absolute Gasteiger partial charge is 0.295 e. The number of nitrogens with one attached hydrogen (secondary N) is 1. The Morgan fingerprint density at radius 1 is 1.21 bits per heavy atom. The molecule has 0 saturated carbocycles. The lowest BCUT2D eigenvalue weighted by Gasteiger charge is -2.18. The van der Waals surface area contributed by atoms with Gasteiger partial charge in [-0.15, -0.1) is 0 Å². The molecule has 2 aromatic carbocycles. The van der Waals surface area contributed by atoms with E-state index >= 15 is 0 Å². The van der Waals surface area contributed by atoms with Gasteiger partial charge in [-0.05, 0) is 23.8 Å². The normalized spacial score (nSPS) is 12.5. The van der Waals surface area contributed by atoms with Crippen molar-refractivity contribution in [2.24, 2.45) is 5.10 Å². The van der Waals surface area contributed by atoms with E-state index < -0.39 is 20.6 Å². The Hall–Kier alpha value is -2.75. The van der Waals surface area contributed by atoms with Gasteiger partial charge >= 0.3 is 0 Å². The number of hydrazone groups is 1. The van der Waals surface area contributed by atoms with Crippen LogP contribution in [0.25, 0.3) is 6.08 Å². The molecule has 1 N–H and O–H groups in total. The van der Waals surface area contributed by atoms with Gasteiger partial charge in [0, 0.05) is 19.2 Å². The van der Waals surface area contributed by atoms with Crippen LogP contribution in [0.15, 0.2) is 63.6 Å². The van der Waals surface area contributed by atoms with E-state index in [0.29, 0.717) is 5.03 Å². The SMILES string of the molecule is CCN(CC)S(=O)(=O)c1ccc(NN=CC(Cl)=Cc2ccccc2)c([N+](=O)[O-])c1. The fourth-order valence-electron chi connectivity index (χ4n) is 2.54. The lowest BCUT2D eigenvalue weighted by molar-refractivity contribution is -0.384. The molecule has 0 aliphatic rings. The highest BCUT2D eigenvalue weighted by atomic mass is 35.5. The molecular weight excluding hydrogens is 416 g/mol. The molecular formula is C19H21ClN4O4S. The maximum Gasteiger partial charge on any atom is 0.295 e. The Morgan fingerprint density at radius 3 is 2.45 bits per heavy atom. The van der Waals surface area contributed by atoms with E-state index in [4.69, 9.17) is 11.6 Å². The summed E-state index contributed by atoms with van der Waals surface area (Å²) in [6.07, 6.45) is 2.99. The topological polar surface area (TPSA) is 105 Å². The number of halogens is 1. The molecule has 0 saturated heterocycles. The standard InChI is InChI=1S/C19H21ClN4O4S/c1-3-23(4-2)29(27,28)17-10-11-18(19(13-17)24(25)26)22-21-14-16(20)12-15-8-6-5-7-9-15/h5-14,22H,3-4H2,1-2H3. The van der Waals surface area contributed by atoms with Gasteiger partial charge in [0.25, 0.3) is 5.69 Å².